The van der Waals surface area contributed by atoms with E-state index in [1.807, 2.05) is 17.9 Å². The maximum atomic E-state index is 10.6. The van der Waals surface area contributed by atoms with Crippen molar-refractivity contribution >= 4 is 11.8 Å². The molecule has 1 aromatic rings. The second-order valence-electron chi connectivity index (χ2n) is 4.13. The van der Waals surface area contributed by atoms with Gasteiger partial charge in [-0.1, -0.05) is 24.9 Å². The molecular formula is C12H20N2O3. The lowest BCUT2D eigenvalue weighted by Gasteiger charge is -2.20. The smallest absolute Gasteiger partial charge is 0.305 e. The van der Waals surface area contributed by atoms with Gasteiger partial charge in [-0.3, -0.25) is 4.79 Å². The number of anilines is 1. The van der Waals surface area contributed by atoms with Crippen LogP contribution >= 0.6 is 0 Å². The van der Waals surface area contributed by atoms with Gasteiger partial charge in [-0.15, -0.1) is 0 Å². The van der Waals surface area contributed by atoms with E-state index < -0.39 is 5.97 Å². The molecule has 0 spiro atoms. The van der Waals surface area contributed by atoms with Crippen LogP contribution in [-0.2, 0) is 4.79 Å². The van der Waals surface area contributed by atoms with Crippen LogP contribution < -0.4 is 4.90 Å². The molecule has 0 amide bonds. The van der Waals surface area contributed by atoms with Crippen molar-refractivity contribution < 1.29 is 14.4 Å². The standard InChI is InChI=1S/C12H20N2O3/c1-3-4-5-7-14(8-6-12(15)16)11-9-10(2)17-13-11/h9H,3-8H2,1-2H3,(H,15,16). The van der Waals surface area contributed by atoms with E-state index in [1.54, 1.807) is 0 Å². The van der Waals surface area contributed by atoms with Gasteiger partial charge < -0.3 is 14.5 Å². The SMILES string of the molecule is CCCCCN(CCC(=O)O)c1cc(C)on1. The van der Waals surface area contributed by atoms with E-state index in [0.717, 1.165) is 37.4 Å². The first kappa shape index (κ1) is 13.5. The third-order valence-electron chi connectivity index (χ3n) is 2.57. The molecule has 1 heterocycles. The van der Waals surface area contributed by atoms with Gasteiger partial charge in [0.25, 0.3) is 0 Å². The summed E-state index contributed by atoms with van der Waals surface area (Å²) in [7, 11) is 0. The van der Waals surface area contributed by atoms with Gasteiger partial charge in [0.1, 0.15) is 5.76 Å². The topological polar surface area (TPSA) is 66.6 Å². The Morgan fingerprint density at radius 1 is 1.47 bits per heavy atom. The number of aliphatic carboxylic acids is 1. The summed E-state index contributed by atoms with van der Waals surface area (Å²) in [5.41, 5.74) is 0. The summed E-state index contributed by atoms with van der Waals surface area (Å²) in [4.78, 5) is 12.6. The van der Waals surface area contributed by atoms with Gasteiger partial charge in [0.05, 0.1) is 6.42 Å². The van der Waals surface area contributed by atoms with Gasteiger partial charge in [-0.25, -0.2) is 0 Å². The normalized spacial score (nSPS) is 10.5. The molecule has 0 atom stereocenters. The third kappa shape index (κ3) is 4.89. The minimum Gasteiger partial charge on any atom is -0.481 e. The van der Waals surface area contributed by atoms with Crippen LogP contribution in [0.1, 0.15) is 38.4 Å². The Labute approximate surface area is 101 Å². The van der Waals surface area contributed by atoms with Crippen LogP contribution in [0.4, 0.5) is 5.82 Å². The molecule has 96 valence electrons. The van der Waals surface area contributed by atoms with Crippen LogP contribution in [0.5, 0.6) is 0 Å². The molecule has 0 aliphatic carbocycles. The Morgan fingerprint density at radius 2 is 2.24 bits per heavy atom. The van der Waals surface area contributed by atoms with E-state index in [0.29, 0.717) is 6.54 Å². The molecule has 0 aliphatic rings. The predicted octanol–water partition coefficient (Wildman–Crippen LogP) is 2.45. The number of unbranched alkanes of at least 4 members (excludes halogenated alkanes) is 2. The lowest BCUT2D eigenvalue weighted by molar-refractivity contribution is -0.136. The monoisotopic (exact) mass is 240 g/mol. The van der Waals surface area contributed by atoms with Crippen molar-refractivity contribution in [3.63, 3.8) is 0 Å². The minimum atomic E-state index is -0.786. The first-order valence-corrected chi connectivity index (χ1v) is 6.03. The minimum absolute atomic E-state index is 0.123. The van der Waals surface area contributed by atoms with E-state index in [9.17, 15) is 4.79 Å². The first-order valence-electron chi connectivity index (χ1n) is 6.03. The molecule has 1 aromatic heterocycles. The van der Waals surface area contributed by atoms with Crippen molar-refractivity contribution in [1.82, 2.24) is 5.16 Å². The van der Waals surface area contributed by atoms with Crippen molar-refractivity contribution in [2.45, 2.75) is 39.5 Å². The van der Waals surface area contributed by atoms with E-state index in [1.165, 1.54) is 0 Å². The number of nitrogens with zero attached hydrogens (tertiary/aromatic N) is 2. The number of carbonyl (C=O) groups is 1. The van der Waals surface area contributed by atoms with E-state index in [2.05, 4.69) is 12.1 Å². The van der Waals surface area contributed by atoms with Crippen LogP contribution in [0.15, 0.2) is 10.6 Å². The second-order valence-corrected chi connectivity index (χ2v) is 4.13. The third-order valence-corrected chi connectivity index (χ3v) is 2.57. The molecule has 5 nitrogen and oxygen atoms in total. The summed E-state index contributed by atoms with van der Waals surface area (Å²) in [6.45, 7) is 5.28. The molecule has 0 radical (unpaired) electrons. The van der Waals surface area contributed by atoms with Gasteiger partial charge in [0.15, 0.2) is 5.82 Å². The molecule has 0 unspecified atom stereocenters. The van der Waals surface area contributed by atoms with Gasteiger partial charge in [-0.05, 0) is 13.3 Å². The highest BCUT2D eigenvalue weighted by atomic mass is 16.5. The van der Waals surface area contributed by atoms with E-state index in [4.69, 9.17) is 9.63 Å². The zero-order chi connectivity index (χ0) is 12.7. The highest BCUT2D eigenvalue weighted by molar-refractivity contribution is 5.67. The lowest BCUT2D eigenvalue weighted by Crippen LogP contribution is -2.27. The predicted molar refractivity (Wildman–Crippen MR) is 65.2 cm³/mol. The molecule has 0 aromatic carbocycles. The Hall–Kier alpha value is -1.52. The Bertz CT molecular complexity index is 349. The fourth-order valence-corrected chi connectivity index (χ4v) is 1.63. The van der Waals surface area contributed by atoms with E-state index in [-0.39, 0.29) is 6.42 Å². The molecule has 1 N–H and O–H groups in total. The fraction of sp³-hybridized carbons (Fsp3) is 0.667. The summed E-state index contributed by atoms with van der Waals surface area (Å²) in [5.74, 6) is 0.696. The van der Waals surface area contributed by atoms with Crippen molar-refractivity contribution in [3.05, 3.63) is 11.8 Å². The summed E-state index contributed by atoms with van der Waals surface area (Å²) >= 11 is 0. The average Bonchev–Trinajstić information content (AvgIpc) is 2.69. The molecule has 0 bridgehead atoms. The van der Waals surface area contributed by atoms with Crippen LogP contribution in [-0.4, -0.2) is 29.3 Å². The van der Waals surface area contributed by atoms with Gasteiger partial charge >= 0.3 is 5.97 Å². The highest BCUT2D eigenvalue weighted by Crippen LogP contribution is 2.15. The van der Waals surface area contributed by atoms with E-state index >= 15 is 0 Å². The van der Waals surface area contributed by atoms with Crippen molar-refractivity contribution in [1.29, 1.82) is 0 Å². The van der Waals surface area contributed by atoms with Crippen LogP contribution in [0.3, 0.4) is 0 Å². The van der Waals surface area contributed by atoms with Gasteiger partial charge in [-0.2, -0.15) is 0 Å². The highest BCUT2D eigenvalue weighted by Gasteiger charge is 2.12. The molecule has 0 aliphatic heterocycles. The number of carboxylic acid groups (broad SMARTS) is 1. The quantitative estimate of drug-likeness (QED) is 0.707. The van der Waals surface area contributed by atoms with Crippen LogP contribution in [0.2, 0.25) is 0 Å². The Kier molecular flexibility index (Phi) is 5.52. The second kappa shape index (κ2) is 6.93. The van der Waals surface area contributed by atoms with Crippen LogP contribution in [0, 0.1) is 6.92 Å². The maximum absolute atomic E-state index is 10.6. The molecule has 1 rings (SSSR count). The fourth-order valence-electron chi connectivity index (χ4n) is 1.63. The Morgan fingerprint density at radius 3 is 2.76 bits per heavy atom. The van der Waals surface area contributed by atoms with Crippen molar-refractivity contribution in [2.75, 3.05) is 18.0 Å². The van der Waals surface area contributed by atoms with Crippen molar-refractivity contribution in [2.24, 2.45) is 0 Å². The van der Waals surface area contributed by atoms with Gasteiger partial charge in [0, 0.05) is 19.2 Å². The summed E-state index contributed by atoms with van der Waals surface area (Å²) in [6, 6.07) is 1.84. The number of rotatable bonds is 8. The summed E-state index contributed by atoms with van der Waals surface area (Å²) < 4.78 is 5.02. The number of hydrogen-bond acceptors (Lipinski definition) is 4. The Balaban J connectivity index is 2.54. The zero-order valence-corrected chi connectivity index (χ0v) is 10.5. The molecular weight excluding hydrogens is 220 g/mol. The number of carboxylic acids is 1. The number of hydrogen-bond donors (Lipinski definition) is 1. The maximum Gasteiger partial charge on any atom is 0.305 e. The van der Waals surface area contributed by atoms with Crippen LogP contribution in [0.25, 0.3) is 0 Å². The molecule has 0 saturated carbocycles. The zero-order valence-electron chi connectivity index (χ0n) is 10.5. The molecule has 17 heavy (non-hydrogen) atoms. The number of aromatic nitrogens is 1. The first-order chi connectivity index (χ1) is 8.13. The lowest BCUT2D eigenvalue weighted by atomic mass is 10.2. The van der Waals surface area contributed by atoms with Crippen molar-refractivity contribution in [3.8, 4) is 0 Å². The van der Waals surface area contributed by atoms with Gasteiger partial charge in [0.2, 0.25) is 0 Å². The molecule has 0 saturated heterocycles. The summed E-state index contributed by atoms with van der Waals surface area (Å²) in [6.07, 6.45) is 3.45. The molecule has 0 fully saturated rings. The number of aryl methyl sites for hydroxylation is 1. The summed E-state index contributed by atoms with van der Waals surface area (Å²) in [5, 5.41) is 12.6. The average molecular weight is 240 g/mol. The largest absolute Gasteiger partial charge is 0.481 e. The molecule has 5 heteroatoms.